The zero-order chi connectivity index (χ0) is 17.0. The van der Waals surface area contributed by atoms with Crippen molar-refractivity contribution in [2.45, 2.75) is 45.3 Å². The van der Waals surface area contributed by atoms with Crippen LogP contribution in [0.5, 0.6) is 0 Å². The molecule has 5 nitrogen and oxygen atoms in total. The van der Waals surface area contributed by atoms with Crippen molar-refractivity contribution in [1.29, 1.82) is 0 Å². The Morgan fingerprint density at radius 1 is 1.35 bits per heavy atom. The van der Waals surface area contributed by atoms with Crippen LogP contribution in [-0.4, -0.2) is 47.7 Å². The van der Waals surface area contributed by atoms with Crippen molar-refractivity contribution in [2.24, 2.45) is 5.92 Å². The minimum atomic E-state index is -0.879. The highest BCUT2D eigenvalue weighted by molar-refractivity contribution is 5.80. The fraction of sp³-hybridized carbons (Fsp3) is 0.556. The SMILES string of the molecule is COC1CC(CC(=O)O)N(C(=O)C(C)Cc2ccc(C)cc2)C1. The molecule has 1 fully saturated rings. The van der Waals surface area contributed by atoms with Crippen LogP contribution in [-0.2, 0) is 20.7 Å². The number of methoxy groups -OCH3 is 1. The van der Waals surface area contributed by atoms with Crippen LogP contribution in [0.3, 0.4) is 0 Å². The van der Waals surface area contributed by atoms with Gasteiger partial charge in [0.25, 0.3) is 0 Å². The molecule has 5 heteroatoms. The molecule has 0 bridgehead atoms. The number of carbonyl (C=O) groups excluding carboxylic acids is 1. The van der Waals surface area contributed by atoms with Crippen molar-refractivity contribution in [3.05, 3.63) is 35.4 Å². The minimum absolute atomic E-state index is 0.0105. The number of hydrogen-bond acceptors (Lipinski definition) is 3. The smallest absolute Gasteiger partial charge is 0.305 e. The number of ether oxygens (including phenoxy) is 1. The molecule has 0 aliphatic carbocycles. The Hall–Kier alpha value is -1.88. The summed E-state index contributed by atoms with van der Waals surface area (Å²) in [4.78, 5) is 25.5. The lowest BCUT2D eigenvalue weighted by molar-refractivity contribution is -0.141. The highest BCUT2D eigenvalue weighted by Crippen LogP contribution is 2.25. The second kappa shape index (κ2) is 7.59. The van der Waals surface area contributed by atoms with E-state index in [4.69, 9.17) is 9.84 Å². The van der Waals surface area contributed by atoms with E-state index in [-0.39, 0.29) is 30.4 Å². The molecule has 126 valence electrons. The molecule has 23 heavy (non-hydrogen) atoms. The van der Waals surface area contributed by atoms with Gasteiger partial charge in [-0.1, -0.05) is 36.8 Å². The first-order valence-corrected chi connectivity index (χ1v) is 8.01. The van der Waals surface area contributed by atoms with Crippen molar-refractivity contribution in [3.8, 4) is 0 Å². The quantitative estimate of drug-likeness (QED) is 0.873. The summed E-state index contributed by atoms with van der Waals surface area (Å²) in [7, 11) is 1.60. The van der Waals surface area contributed by atoms with E-state index >= 15 is 0 Å². The predicted molar refractivity (Wildman–Crippen MR) is 87.2 cm³/mol. The number of aliphatic carboxylic acids is 1. The van der Waals surface area contributed by atoms with E-state index in [0.717, 1.165) is 5.56 Å². The van der Waals surface area contributed by atoms with Crippen molar-refractivity contribution in [3.63, 3.8) is 0 Å². The monoisotopic (exact) mass is 319 g/mol. The number of amides is 1. The van der Waals surface area contributed by atoms with Gasteiger partial charge in [-0.05, 0) is 25.3 Å². The molecular formula is C18H25NO4. The summed E-state index contributed by atoms with van der Waals surface area (Å²) < 4.78 is 5.33. The average molecular weight is 319 g/mol. The summed E-state index contributed by atoms with van der Waals surface area (Å²) in [5.41, 5.74) is 2.31. The molecule has 1 heterocycles. The standard InChI is InChI=1S/C18H25NO4/c1-12-4-6-14(7-5-12)8-13(2)18(22)19-11-16(23-3)9-15(19)10-17(20)21/h4-7,13,15-16H,8-11H2,1-3H3,(H,20,21). The second-order valence-corrected chi connectivity index (χ2v) is 6.43. The Labute approximate surface area is 137 Å². The number of likely N-dealkylation sites (tertiary alicyclic amines) is 1. The van der Waals surface area contributed by atoms with E-state index in [0.29, 0.717) is 19.4 Å². The molecule has 0 aromatic heterocycles. The summed E-state index contributed by atoms with van der Waals surface area (Å²) in [5, 5.41) is 9.05. The normalized spacial score (nSPS) is 22.1. The van der Waals surface area contributed by atoms with E-state index in [2.05, 4.69) is 0 Å². The summed E-state index contributed by atoms with van der Waals surface area (Å²) in [6, 6.07) is 7.88. The maximum absolute atomic E-state index is 12.7. The molecule has 1 aromatic rings. The van der Waals surface area contributed by atoms with Crippen molar-refractivity contribution >= 4 is 11.9 Å². The predicted octanol–water partition coefficient (Wildman–Crippen LogP) is 2.26. The maximum atomic E-state index is 12.7. The van der Waals surface area contributed by atoms with Gasteiger partial charge in [0.2, 0.25) is 5.91 Å². The molecule has 1 aliphatic heterocycles. The third-order valence-corrected chi connectivity index (χ3v) is 4.49. The largest absolute Gasteiger partial charge is 0.481 e. The van der Waals surface area contributed by atoms with Crippen LogP contribution in [0.25, 0.3) is 0 Å². The Morgan fingerprint density at radius 3 is 2.57 bits per heavy atom. The molecule has 1 aromatic carbocycles. The summed E-state index contributed by atoms with van der Waals surface area (Å²) >= 11 is 0. The lowest BCUT2D eigenvalue weighted by Crippen LogP contribution is -2.40. The molecule has 0 spiro atoms. The van der Waals surface area contributed by atoms with Crippen molar-refractivity contribution in [1.82, 2.24) is 4.90 Å². The van der Waals surface area contributed by atoms with Gasteiger partial charge < -0.3 is 14.7 Å². The van der Waals surface area contributed by atoms with Gasteiger partial charge in [-0.2, -0.15) is 0 Å². The topological polar surface area (TPSA) is 66.8 Å². The van der Waals surface area contributed by atoms with Gasteiger partial charge in [0, 0.05) is 25.6 Å². The average Bonchev–Trinajstić information content (AvgIpc) is 2.91. The first-order valence-electron chi connectivity index (χ1n) is 8.01. The number of hydrogen-bond donors (Lipinski definition) is 1. The van der Waals surface area contributed by atoms with Crippen LogP contribution >= 0.6 is 0 Å². The van der Waals surface area contributed by atoms with E-state index in [9.17, 15) is 9.59 Å². The fourth-order valence-corrected chi connectivity index (χ4v) is 3.16. The summed E-state index contributed by atoms with van der Waals surface area (Å²) in [6.07, 6.45) is 1.15. The third-order valence-electron chi connectivity index (χ3n) is 4.49. The third kappa shape index (κ3) is 4.55. The van der Waals surface area contributed by atoms with Gasteiger partial charge in [-0.3, -0.25) is 9.59 Å². The van der Waals surface area contributed by atoms with Gasteiger partial charge in [0.1, 0.15) is 0 Å². The molecule has 1 saturated heterocycles. The molecule has 1 amide bonds. The zero-order valence-corrected chi connectivity index (χ0v) is 14.0. The fourth-order valence-electron chi connectivity index (χ4n) is 3.16. The Kier molecular flexibility index (Phi) is 5.77. The van der Waals surface area contributed by atoms with Crippen LogP contribution in [0.1, 0.15) is 30.9 Å². The van der Waals surface area contributed by atoms with E-state index in [1.54, 1.807) is 12.0 Å². The van der Waals surface area contributed by atoms with Crippen LogP contribution in [0, 0.1) is 12.8 Å². The number of carbonyl (C=O) groups is 2. The number of aryl methyl sites for hydroxylation is 1. The van der Waals surface area contributed by atoms with Gasteiger partial charge in [0.15, 0.2) is 0 Å². The van der Waals surface area contributed by atoms with Crippen LogP contribution in [0.15, 0.2) is 24.3 Å². The number of nitrogens with zero attached hydrogens (tertiary/aromatic N) is 1. The van der Waals surface area contributed by atoms with E-state index in [1.807, 2.05) is 38.1 Å². The zero-order valence-electron chi connectivity index (χ0n) is 14.0. The summed E-state index contributed by atoms with van der Waals surface area (Å²) in [6.45, 7) is 4.41. The lowest BCUT2D eigenvalue weighted by atomic mass is 9.98. The lowest BCUT2D eigenvalue weighted by Gasteiger charge is -2.26. The number of benzene rings is 1. The summed E-state index contributed by atoms with van der Waals surface area (Å²) in [5.74, 6) is -1.04. The van der Waals surface area contributed by atoms with Gasteiger partial charge in [-0.25, -0.2) is 0 Å². The highest BCUT2D eigenvalue weighted by atomic mass is 16.5. The molecule has 3 atom stereocenters. The molecular weight excluding hydrogens is 294 g/mol. The number of carboxylic acid groups (broad SMARTS) is 1. The first kappa shape index (κ1) is 17.5. The Balaban J connectivity index is 2.03. The second-order valence-electron chi connectivity index (χ2n) is 6.43. The van der Waals surface area contributed by atoms with E-state index in [1.165, 1.54) is 5.56 Å². The number of rotatable bonds is 6. The van der Waals surface area contributed by atoms with Crippen LogP contribution in [0.2, 0.25) is 0 Å². The Bertz CT molecular complexity index is 555. The molecule has 0 radical (unpaired) electrons. The molecule has 1 aliphatic rings. The maximum Gasteiger partial charge on any atom is 0.305 e. The van der Waals surface area contributed by atoms with Gasteiger partial charge >= 0.3 is 5.97 Å². The van der Waals surface area contributed by atoms with Crippen molar-refractivity contribution in [2.75, 3.05) is 13.7 Å². The number of carboxylic acids is 1. The van der Waals surface area contributed by atoms with Crippen LogP contribution < -0.4 is 0 Å². The first-order chi connectivity index (χ1) is 10.9. The molecule has 3 unspecified atom stereocenters. The molecule has 1 N–H and O–H groups in total. The van der Waals surface area contributed by atoms with Gasteiger partial charge in [0.05, 0.1) is 12.5 Å². The van der Waals surface area contributed by atoms with E-state index < -0.39 is 5.97 Å². The minimum Gasteiger partial charge on any atom is -0.481 e. The Morgan fingerprint density at radius 2 is 2.00 bits per heavy atom. The van der Waals surface area contributed by atoms with Gasteiger partial charge in [-0.15, -0.1) is 0 Å². The van der Waals surface area contributed by atoms with Crippen molar-refractivity contribution < 1.29 is 19.4 Å². The van der Waals surface area contributed by atoms with Crippen LogP contribution in [0.4, 0.5) is 0 Å². The molecule has 2 rings (SSSR count). The highest BCUT2D eigenvalue weighted by Gasteiger charge is 2.37. The molecule has 0 saturated carbocycles.